The molecule has 0 saturated heterocycles. The lowest BCUT2D eigenvalue weighted by atomic mass is 10.0. The van der Waals surface area contributed by atoms with Crippen molar-refractivity contribution in [3.63, 3.8) is 0 Å². The first-order chi connectivity index (χ1) is 10.9. The molecule has 124 valence electrons. The summed E-state index contributed by atoms with van der Waals surface area (Å²) in [4.78, 5) is 16.4. The summed E-state index contributed by atoms with van der Waals surface area (Å²) in [7, 11) is 0. The molecule has 1 N–H and O–H groups in total. The van der Waals surface area contributed by atoms with Crippen LogP contribution < -0.4 is 5.32 Å². The fourth-order valence-electron chi connectivity index (χ4n) is 2.78. The number of alkyl carbamates (subject to hydrolysis) is 1. The minimum absolute atomic E-state index is 0.00988. The van der Waals surface area contributed by atoms with Crippen LogP contribution >= 0.6 is 0 Å². The Morgan fingerprint density at radius 1 is 1.39 bits per heavy atom. The van der Waals surface area contributed by atoms with Gasteiger partial charge in [-0.25, -0.2) is 4.79 Å². The third kappa shape index (κ3) is 3.72. The van der Waals surface area contributed by atoms with E-state index in [2.05, 4.69) is 15.5 Å². The van der Waals surface area contributed by atoms with Crippen molar-refractivity contribution in [3.05, 3.63) is 24.5 Å². The number of carbonyl (C=O) groups is 1. The number of nitrogens with zero attached hydrogens (tertiary/aromatic N) is 2. The number of furan rings is 1. The molecule has 0 spiro atoms. The van der Waals surface area contributed by atoms with Crippen molar-refractivity contribution in [1.82, 2.24) is 15.5 Å². The van der Waals surface area contributed by atoms with E-state index < -0.39 is 11.7 Å². The summed E-state index contributed by atoms with van der Waals surface area (Å²) in [5.41, 5.74) is 0.256. The fourth-order valence-corrected chi connectivity index (χ4v) is 2.78. The minimum Gasteiger partial charge on any atom is -0.472 e. The molecule has 1 saturated carbocycles. The first-order valence-electron chi connectivity index (χ1n) is 7.78. The van der Waals surface area contributed by atoms with Gasteiger partial charge in [-0.2, -0.15) is 4.98 Å². The molecule has 7 nitrogen and oxygen atoms in total. The molecule has 0 unspecified atom stereocenters. The van der Waals surface area contributed by atoms with E-state index in [1.54, 1.807) is 18.6 Å². The third-order valence-electron chi connectivity index (χ3n) is 3.76. The third-order valence-corrected chi connectivity index (χ3v) is 3.76. The zero-order valence-corrected chi connectivity index (χ0v) is 13.5. The van der Waals surface area contributed by atoms with E-state index >= 15 is 0 Å². The molecule has 1 fully saturated rings. The Kier molecular flexibility index (Phi) is 4.11. The van der Waals surface area contributed by atoms with Crippen molar-refractivity contribution in [2.75, 3.05) is 0 Å². The number of amides is 1. The van der Waals surface area contributed by atoms with Crippen molar-refractivity contribution in [2.45, 2.75) is 57.6 Å². The fraction of sp³-hybridized carbons (Fsp3) is 0.562. The van der Waals surface area contributed by atoms with Gasteiger partial charge in [-0.3, -0.25) is 0 Å². The number of hydrogen-bond donors (Lipinski definition) is 1. The van der Waals surface area contributed by atoms with Crippen LogP contribution in [0.1, 0.15) is 51.8 Å². The van der Waals surface area contributed by atoms with Crippen LogP contribution in [0.5, 0.6) is 0 Å². The van der Waals surface area contributed by atoms with Gasteiger partial charge < -0.3 is 19.0 Å². The van der Waals surface area contributed by atoms with E-state index in [-0.39, 0.29) is 12.0 Å². The molecule has 3 rings (SSSR count). The number of hydrogen-bond acceptors (Lipinski definition) is 6. The average molecular weight is 319 g/mol. The summed E-state index contributed by atoms with van der Waals surface area (Å²) in [6.45, 7) is 5.52. The molecule has 2 atom stereocenters. The van der Waals surface area contributed by atoms with Gasteiger partial charge >= 0.3 is 6.09 Å². The number of rotatable bonds is 3. The van der Waals surface area contributed by atoms with Crippen molar-refractivity contribution in [1.29, 1.82) is 0 Å². The second-order valence-corrected chi connectivity index (χ2v) is 6.76. The van der Waals surface area contributed by atoms with Crippen molar-refractivity contribution < 1.29 is 18.5 Å². The average Bonchev–Trinajstić information content (AvgIpc) is 3.17. The maximum Gasteiger partial charge on any atom is 0.407 e. The molecule has 23 heavy (non-hydrogen) atoms. The number of ether oxygens (including phenoxy) is 1. The maximum atomic E-state index is 12.0. The summed E-state index contributed by atoms with van der Waals surface area (Å²) in [5.74, 6) is 1.05. The van der Waals surface area contributed by atoms with Crippen LogP contribution in [-0.2, 0) is 4.74 Å². The Labute approximate surface area is 134 Å². The molecule has 2 aromatic rings. The highest BCUT2D eigenvalue weighted by atomic mass is 16.6. The normalized spacial score (nSPS) is 21.3. The quantitative estimate of drug-likeness (QED) is 0.931. The van der Waals surface area contributed by atoms with Gasteiger partial charge in [0.25, 0.3) is 0 Å². The predicted octanol–water partition coefficient (Wildman–Crippen LogP) is 3.49. The zero-order chi connectivity index (χ0) is 16.4. The maximum absolute atomic E-state index is 12.0. The molecule has 2 heterocycles. The molecule has 1 amide bonds. The van der Waals surface area contributed by atoms with Crippen LogP contribution in [0.3, 0.4) is 0 Å². The van der Waals surface area contributed by atoms with E-state index in [0.29, 0.717) is 11.7 Å². The van der Waals surface area contributed by atoms with E-state index in [4.69, 9.17) is 13.7 Å². The highest BCUT2D eigenvalue weighted by Gasteiger charge is 2.35. The van der Waals surface area contributed by atoms with E-state index in [0.717, 1.165) is 24.8 Å². The lowest BCUT2D eigenvalue weighted by molar-refractivity contribution is 0.0498. The number of carbonyl (C=O) groups excluding carboxylic acids is 1. The number of aromatic nitrogens is 2. The van der Waals surface area contributed by atoms with Crippen molar-refractivity contribution in [2.24, 2.45) is 0 Å². The van der Waals surface area contributed by atoms with Crippen LogP contribution in [0.2, 0.25) is 0 Å². The lowest BCUT2D eigenvalue weighted by Gasteiger charge is -2.23. The van der Waals surface area contributed by atoms with Gasteiger partial charge in [-0.1, -0.05) is 11.6 Å². The Hall–Kier alpha value is -2.31. The molecule has 0 bridgehead atoms. The topological polar surface area (TPSA) is 90.4 Å². The summed E-state index contributed by atoms with van der Waals surface area (Å²) in [6.07, 6.45) is 5.48. The largest absolute Gasteiger partial charge is 0.472 e. The first kappa shape index (κ1) is 15.6. The van der Waals surface area contributed by atoms with Gasteiger partial charge in [0.15, 0.2) is 0 Å². The summed E-state index contributed by atoms with van der Waals surface area (Å²) < 4.78 is 15.7. The van der Waals surface area contributed by atoms with Gasteiger partial charge in [-0.15, -0.1) is 0 Å². The lowest BCUT2D eigenvalue weighted by Crippen LogP contribution is -2.40. The van der Waals surface area contributed by atoms with Crippen LogP contribution in [0.4, 0.5) is 4.79 Å². The second kappa shape index (κ2) is 6.06. The summed E-state index contributed by atoms with van der Waals surface area (Å²) >= 11 is 0. The molecule has 0 aliphatic heterocycles. The monoisotopic (exact) mass is 319 g/mol. The summed E-state index contributed by atoms with van der Waals surface area (Å²) in [5, 5.41) is 6.91. The Bertz CT molecular complexity index is 657. The Morgan fingerprint density at radius 3 is 2.91 bits per heavy atom. The van der Waals surface area contributed by atoms with Gasteiger partial charge in [0.1, 0.15) is 11.9 Å². The minimum atomic E-state index is -0.517. The van der Waals surface area contributed by atoms with Crippen LogP contribution in [-0.4, -0.2) is 27.9 Å². The number of nitrogens with one attached hydrogen (secondary N) is 1. The predicted molar refractivity (Wildman–Crippen MR) is 81.7 cm³/mol. The van der Waals surface area contributed by atoms with Gasteiger partial charge in [0.2, 0.25) is 11.7 Å². The van der Waals surface area contributed by atoms with Crippen LogP contribution in [0.25, 0.3) is 11.4 Å². The molecular formula is C16H21N3O4. The molecule has 0 aromatic carbocycles. The first-order valence-corrected chi connectivity index (χ1v) is 7.78. The molecule has 2 aromatic heterocycles. The standard InChI is InChI=1S/C16H21N3O4/c1-16(2,3)22-15(20)17-12-6-4-5-11(12)14-18-13(19-23-14)10-7-8-21-9-10/h7-9,11-12H,4-6H2,1-3H3,(H,17,20)/t11-,12+/m0/s1. The second-order valence-electron chi connectivity index (χ2n) is 6.76. The molecule has 0 radical (unpaired) electrons. The molecule has 1 aliphatic rings. The summed E-state index contributed by atoms with van der Waals surface area (Å²) in [6, 6.07) is 1.72. The van der Waals surface area contributed by atoms with E-state index in [9.17, 15) is 4.79 Å². The SMILES string of the molecule is CC(C)(C)OC(=O)N[C@@H]1CCC[C@@H]1c1nc(-c2ccoc2)no1. The molecular weight excluding hydrogens is 298 g/mol. The smallest absolute Gasteiger partial charge is 0.407 e. The van der Waals surface area contributed by atoms with E-state index in [1.807, 2.05) is 20.8 Å². The molecule has 1 aliphatic carbocycles. The van der Waals surface area contributed by atoms with Gasteiger partial charge in [0, 0.05) is 6.04 Å². The van der Waals surface area contributed by atoms with Crippen LogP contribution in [0, 0.1) is 0 Å². The van der Waals surface area contributed by atoms with Crippen LogP contribution in [0.15, 0.2) is 27.5 Å². The Balaban J connectivity index is 1.68. The highest BCUT2D eigenvalue weighted by Crippen LogP contribution is 2.34. The van der Waals surface area contributed by atoms with E-state index in [1.165, 1.54) is 0 Å². The molecule has 7 heteroatoms. The van der Waals surface area contributed by atoms with Crippen molar-refractivity contribution in [3.8, 4) is 11.4 Å². The zero-order valence-electron chi connectivity index (χ0n) is 13.5. The van der Waals surface area contributed by atoms with Gasteiger partial charge in [-0.05, 0) is 39.7 Å². The Morgan fingerprint density at radius 2 is 2.22 bits per heavy atom. The van der Waals surface area contributed by atoms with Gasteiger partial charge in [0.05, 0.1) is 17.7 Å². The highest BCUT2D eigenvalue weighted by molar-refractivity contribution is 5.68. The van der Waals surface area contributed by atoms with Crippen molar-refractivity contribution >= 4 is 6.09 Å².